The standard InChI is InChI=1S/C19H17BrFN3O3S/c20-16-3-1-2-4-17(16)28(25,26)24-11-9-13(10-12-24)18-22-19(27-23-18)14-5-7-15(21)8-6-14/h1-8,13H,9-12H2. The zero-order valence-corrected chi connectivity index (χ0v) is 17.2. The predicted molar refractivity (Wildman–Crippen MR) is 105 cm³/mol. The molecule has 0 bridgehead atoms. The molecule has 1 saturated heterocycles. The number of piperidine rings is 1. The van der Waals surface area contributed by atoms with Crippen LogP contribution in [0.1, 0.15) is 24.6 Å². The third kappa shape index (κ3) is 3.74. The van der Waals surface area contributed by atoms with E-state index in [9.17, 15) is 12.8 Å². The average Bonchev–Trinajstić information content (AvgIpc) is 3.19. The van der Waals surface area contributed by atoms with E-state index in [1.165, 1.54) is 16.4 Å². The van der Waals surface area contributed by atoms with E-state index in [-0.39, 0.29) is 16.6 Å². The summed E-state index contributed by atoms with van der Waals surface area (Å²) in [6, 6.07) is 12.6. The Hall–Kier alpha value is -2.10. The zero-order chi connectivity index (χ0) is 19.7. The van der Waals surface area contributed by atoms with Gasteiger partial charge in [0.05, 0.1) is 4.90 Å². The minimum atomic E-state index is -3.55. The van der Waals surface area contributed by atoms with Gasteiger partial charge in [0, 0.05) is 29.0 Å². The van der Waals surface area contributed by atoms with Crippen LogP contribution < -0.4 is 0 Å². The first-order valence-electron chi connectivity index (χ1n) is 8.79. The van der Waals surface area contributed by atoms with E-state index in [2.05, 4.69) is 26.1 Å². The van der Waals surface area contributed by atoms with Gasteiger partial charge in [-0.2, -0.15) is 9.29 Å². The van der Waals surface area contributed by atoms with Crippen molar-refractivity contribution in [3.8, 4) is 11.5 Å². The smallest absolute Gasteiger partial charge is 0.257 e. The lowest BCUT2D eigenvalue weighted by Gasteiger charge is -2.30. The van der Waals surface area contributed by atoms with E-state index in [0.29, 0.717) is 47.7 Å². The molecule has 0 N–H and O–H groups in total. The van der Waals surface area contributed by atoms with Crippen LogP contribution in [0.2, 0.25) is 0 Å². The van der Waals surface area contributed by atoms with E-state index in [0.717, 1.165) is 0 Å². The summed E-state index contributed by atoms with van der Waals surface area (Å²) in [6.45, 7) is 0.767. The highest BCUT2D eigenvalue weighted by Gasteiger charge is 2.32. The molecule has 4 rings (SSSR count). The van der Waals surface area contributed by atoms with E-state index < -0.39 is 10.0 Å². The number of hydrogen-bond acceptors (Lipinski definition) is 5. The normalized spacial score (nSPS) is 16.4. The summed E-state index contributed by atoms with van der Waals surface area (Å²) < 4.78 is 46.2. The summed E-state index contributed by atoms with van der Waals surface area (Å²) in [4.78, 5) is 4.69. The van der Waals surface area contributed by atoms with Crippen molar-refractivity contribution in [1.82, 2.24) is 14.4 Å². The first kappa shape index (κ1) is 19.2. The summed E-state index contributed by atoms with van der Waals surface area (Å²) in [6.07, 6.45) is 1.21. The fourth-order valence-electron chi connectivity index (χ4n) is 3.26. The molecule has 0 amide bonds. The van der Waals surface area contributed by atoms with Gasteiger partial charge in [-0.3, -0.25) is 0 Å². The Morgan fingerprint density at radius 3 is 2.43 bits per heavy atom. The second kappa shape index (κ2) is 7.73. The first-order chi connectivity index (χ1) is 13.4. The van der Waals surface area contributed by atoms with Gasteiger partial charge in [0.2, 0.25) is 10.0 Å². The lowest BCUT2D eigenvalue weighted by Crippen LogP contribution is -2.38. The minimum absolute atomic E-state index is 0.0172. The Balaban J connectivity index is 1.46. The number of nitrogens with zero attached hydrogens (tertiary/aromatic N) is 3. The highest BCUT2D eigenvalue weighted by Crippen LogP contribution is 2.32. The average molecular weight is 466 g/mol. The maximum atomic E-state index is 13.1. The Bertz CT molecular complexity index is 1080. The van der Waals surface area contributed by atoms with Crippen molar-refractivity contribution in [2.75, 3.05) is 13.1 Å². The van der Waals surface area contributed by atoms with Gasteiger partial charge in [0.25, 0.3) is 5.89 Å². The largest absolute Gasteiger partial charge is 0.334 e. The molecule has 1 fully saturated rings. The van der Waals surface area contributed by atoms with Crippen LogP contribution in [0.3, 0.4) is 0 Å². The molecule has 3 aromatic rings. The molecule has 0 unspecified atom stereocenters. The van der Waals surface area contributed by atoms with Crippen LogP contribution in [0.4, 0.5) is 4.39 Å². The molecule has 1 aromatic heterocycles. The molecule has 6 nitrogen and oxygen atoms in total. The third-order valence-corrected chi connectivity index (χ3v) is 7.72. The fourth-order valence-corrected chi connectivity index (χ4v) is 5.69. The topological polar surface area (TPSA) is 76.3 Å². The van der Waals surface area contributed by atoms with Gasteiger partial charge in [-0.05, 0) is 65.2 Å². The van der Waals surface area contributed by atoms with Gasteiger partial charge in [-0.15, -0.1) is 0 Å². The zero-order valence-electron chi connectivity index (χ0n) is 14.8. The molecule has 2 heterocycles. The molecule has 9 heteroatoms. The number of hydrogen-bond donors (Lipinski definition) is 0. The molecule has 0 aliphatic carbocycles. The lowest BCUT2D eigenvalue weighted by molar-refractivity contribution is 0.307. The summed E-state index contributed by atoms with van der Waals surface area (Å²) in [5.74, 6) is 0.571. The minimum Gasteiger partial charge on any atom is -0.334 e. The second-order valence-electron chi connectivity index (χ2n) is 6.57. The molecule has 0 radical (unpaired) electrons. The number of sulfonamides is 1. The van der Waals surface area contributed by atoms with Crippen molar-refractivity contribution >= 4 is 26.0 Å². The summed E-state index contributed by atoms with van der Waals surface area (Å²) in [5.41, 5.74) is 0.647. The number of aromatic nitrogens is 2. The SMILES string of the molecule is O=S(=O)(c1ccccc1Br)N1CCC(c2noc(-c3ccc(F)cc3)n2)CC1. The molecule has 146 valence electrons. The number of rotatable bonds is 4. The first-order valence-corrected chi connectivity index (χ1v) is 11.0. The Labute approximate surface area is 170 Å². The summed E-state index contributed by atoms with van der Waals surface area (Å²) >= 11 is 3.31. The highest BCUT2D eigenvalue weighted by atomic mass is 79.9. The van der Waals surface area contributed by atoms with E-state index in [4.69, 9.17) is 4.52 Å². The van der Waals surface area contributed by atoms with Crippen LogP contribution in [0, 0.1) is 5.82 Å². The summed E-state index contributed by atoms with van der Waals surface area (Å²) in [5, 5.41) is 4.04. The van der Waals surface area contributed by atoms with Crippen LogP contribution in [0.15, 0.2) is 62.4 Å². The number of benzene rings is 2. The van der Waals surface area contributed by atoms with Gasteiger partial charge < -0.3 is 4.52 Å². The molecule has 0 atom stereocenters. The van der Waals surface area contributed by atoms with Crippen molar-refractivity contribution in [1.29, 1.82) is 0 Å². The van der Waals surface area contributed by atoms with Crippen molar-refractivity contribution < 1.29 is 17.3 Å². The van der Waals surface area contributed by atoms with Gasteiger partial charge in [0.1, 0.15) is 5.82 Å². The van der Waals surface area contributed by atoms with Gasteiger partial charge in [-0.1, -0.05) is 17.3 Å². The van der Waals surface area contributed by atoms with Crippen LogP contribution in [-0.4, -0.2) is 36.0 Å². The van der Waals surface area contributed by atoms with E-state index in [1.807, 2.05) is 0 Å². The molecule has 0 spiro atoms. The van der Waals surface area contributed by atoms with Crippen LogP contribution in [0.25, 0.3) is 11.5 Å². The molecular weight excluding hydrogens is 449 g/mol. The van der Waals surface area contributed by atoms with Crippen LogP contribution >= 0.6 is 15.9 Å². The molecule has 1 aliphatic rings. The van der Waals surface area contributed by atoms with Gasteiger partial charge in [-0.25, -0.2) is 12.8 Å². The third-order valence-electron chi connectivity index (χ3n) is 4.81. The maximum Gasteiger partial charge on any atom is 0.257 e. The van der Waals surface area contributed by atoms with E-state index in [1.54, 1.807) is 36.4 Å². The van der Waals surface area contributed by atoms with Gasteiger partial charge >= 0.3 is 0 Å². The van der Waals surface area contributed by atoms with E-state index >= 15 is 0 Å². The lowest BCUT2D eigenvalue weighted by atomic mass is 9.97. The fraction of sp³-hybridized carbons (Fsp3) is 0.263. The Morgan fingerprint density at radius 2 is 1.75 bits per heavy atom. The predicted octanol–water partition coefficient (Wildman–Crippen LogP) is 4.21. The Morgan fingerprint density at radius 1 is 1.07 bits per heavy atom. The van der Waals surface area contributed by atoms with Crippen molar-refractivity contribution in [2.24, 2.45) is 0 Å². The highest BCUT2D eigenvalue weighted by molar-refractivity contribution is 9.10. The monoisotopic (exact) mass is 465 g/mol. The maximum absolute atomic E-state index is 13.1. The molecule has 28 heavy (non-hydrogen) atoms. The molecule has 2 aromatic carbocycles. The van der Waals surface area contributed by atoms with Crippen molar-refractivity contribution in [2.45, 2.75) is 23.7 Å². The Kier molecular flexibility index (Phi) is 5.31. The number of halogens is 2. The van der Waals surface area contributed by atoms with Crippen molar-refractivity contribution in [3.63, 3.8) is 0 Å². The van der Waals surface area contributed by atoms with Crippen LogP contribution in [-0.2, 0) is 10.0 Å². The quantitative estimate of drug-likeness (QED) is 0.576. The summed E-state index contributed by atoms with van der Waals surface area (Å²) in [7, 11) is -3.55. The molecule has 0 saturated carbocycles. The van der Waals surface area contributed by atoms with Crippen molar-refractivity contribution in [3.05, 3.63) is 64.6 Å². The van der Waals surface area contributed by atoms with Gasteiger partial charge in [0.15, 0.2) is 5.82 Å². The molecule has 1 aliphatic heterocycles. The second-order valence-corrected chi connectivity index (χ2v) is 9.33. The van der Waals surface area contributed by atoms with Crippen LogP contribution in [0.5, 0.6) is 0 Å². The molecular formula is C19H17BrFN3O3S.